The number of carbonyl (C=O) groups excluding carboxylic acids is 2. The standard InChI is InChI=1S/C18H26ClNO5Si/c1-18(2,3)14(25-26(4)5)9-11-12(19)7-6-8-13(11)20-17-23-15(21)10-16(22)24-17/h6-8,14,17,20,26H,9-10H2,1-5H3. The van der Waals surface area contributed by atoms with Crippen LogP contribution in [0.5, 0.6) is 0 Å². The van der Waals surface area contributed by atoms with Crippen molar-refractivity contribution in [3.63, 3.8) is 0 Å². The second-order valence-electron chi connectivity index (χ2n) is 7.64. The van der Waals surface area contributed by atoms with Crippen LogP contribution in [0.15, 0.2) is 18.2 Å². The third-order valence-electron chi connectivity index (χ3n) is 3.95. The SMILES string of the molecule is C[SiH](C)OC(Cc1c(Cl)cccc1NC1OC(=O)CC(=O)O1)C(C)(C)C. The lowest BCUT2D eigenvalue weighted by molar-refractivity contribution is -0.197. The zero-order chi connectivity index (χ0) is 19.5. The van der Waals surface area contributed by atoms with Crippen LogP contribution >= 0.6 is 11.6 Å². The molecule has 1 aliphatic rings. The van der Waals surface area contributed by atoms with E-state index in [1.54, 1.807) is 12.1 Å². The number of rotatable bonds is 6. The Balaban J connectivity index is 2.25. The Kier molecular flexibility index (Phi) is 6.71. The van der Waals surface area contributed by atoms with Gasteiger partial charge in [0.2, 0.25) is 0 Å². The summed E-state index contributed by atoms with van der Waals surface area (Å²) in [5.41, 5.74) is 1.41. The summed E-state index contributed by atoms with van der Waals surface area (Å²) in [5.74, 6) is -1.24. The third kappa shape index (κ3) is 5.72. The Hall–Kier alpha value is -1.57. The zero-order valence-corrected chi connectivity index (χ0v) is 17.7. The predicted molar refractivity (Wildman–Crippen MR) is 103 cm³/mol. The molecule has 1 saturated heterocycles. The van der Waals surface area contributed by atoms with Crippen LogP contribution in [0.2, 0.25) is 18.1 Å². The van der Waals surface area contributed by atoms with Crippen LogP contribution < -0.4 is 5.32 Å². The Morgan fingerprint density at radius 1 is 1.27 bits per heavy atom. The largest absolute Gasteiger partial charge is 0.417 e. The van der Waals surface area contributed by atoms with E-state index in [4.69, 9.17) is 25.5 Å². The summed E-state index contributed by atoms with van der Waals surface area (Å²) in [6.45, 7) is 10.6. The predicted octanol–water partition coefficient (Wildman–Crippen LogP) is 3.48. The fourth-order valence-electron chi connectivity index (χ4n) is 2.62. The number of hydrogen-bond donors (Lipinski definition) is 1. The first-order valence-electron chi connectivity index (χ1n) is 8.64. The molecule has 8 heteroatoms. The summed E-state index contributed by atoms with van der Waals surface area (Å²) in [6.07, 6.45) is -0.967. The summed E-state index contributed by atoms with van der Waals surface area (Å²) in [7, 11) is -1.26. The molecule has 0 spiro atoms. The van der Waals surface area contributed by atoms with Crippen molar-refractivity contribution in [2.75, 3.05) is 5.32 Å². The number of nitrogens with one attached hydrogen (secondary N) is 1. The van der Waals surface area contributed by atoms with E-state index in [-0.39, 0.29) is 17.9 Å². The van der Waals surface area contributed by atoms with E-state index in [0.29, 0.717) is 17.1 Å². The Morgan fingerprint density at radius 3 is 2.42 bits per heavy atom. The lowest BCUT2D eigenvalue weighted by Crippen LogP contribution is -2.38. The molecular formula is C18H26ClNO5Si. The van der Waals surface area contributed by atoms with Crippen molar-refractivity contribution in [3.8, 4) is 0 Å². The van der Waals surface area contributed by atoms with E-state index in [1.165, 1.54) is 0 Å². The third-order valence-corrected chi connectivity index (χ3v) is 5.18. The maximum Gasteiger partial charge on any atom is 0.329 e. The first-order valence-corrected chi connectivity index (χ1v) is 11.8. The minimum Gasteiger partial charge on any atom is -0.417 e. The topological polar surface area (TPSA) is 73.9 Å². The van der Waals surface area contributed by atoms with Gasteiger partial charge < -0.3 is 19.2 Å². The van der Waals surface area contributed by atoms with E-state index in [2.05, 4.69) is 39.2 Å². The zero-order valence-electron chi connectivity index (χ0n) is 15.8. The van der Waals surface area contributed by atoms with Crippen molar-refractivity contribution < 1.29 is 23.5 Å². The number of benzene rings is 1. The van der Waals surface area contributed by atoms with Crippen molar-refractivity contribution in [2.24, 2.45) is 5.41 Å². The van der Waals surface area contributed by atoms with E-state index in [0.717, 1.165) is 5.56 Å². The second-order valence-corrected chi connectivity index (χ2v) is 10.4. The molecule has 2 rings (SSSR count). The van der Waals surface area contributed by atoms with E-state index < -0.39 is 27.4 Å². The number of cyclic esters (lactones) is 2. The minimum atomic E-state index is -1.26. The van der Waals surface area contributed by atoms with Gasteiger partial charge in [-0.25, -0.2) is 0 Å². The number of anilines is 1. The minimum absolute atomic E-state index is 0.0222. The van der Waals surface area contributed by atoms with Crippen molar-refractivity contribution in [1.29, 1.82) is 0 Å². The quantitative estimate of drug-likeness (QED) is 0.448. The molecule has 0 radical (unpaired) electrons. The van der Waals surface area contributed by atoms with Crippen LogP contribution in [0, 0.1) is 5.41 Å². The van der Waals surface area contributed by atoms with Gasteiger partial charge in [-0.2, -0.15) is 0 Å². The summed E-state index contributed by atoms with van der Waals surface area (Å²) in [5, 5.41) is 3.52. The summed E-state index contributed by atoms with van der Waals surface area (Å²) < 4.78 is 16.3. The first kappa shape index (κ1) is 20.7. The molecule has 1 fully saturated rings. The molecular weight excluding hydrogens is 374 g/mol. The molecule has 1 aromatic rings. The van der Waals surface area contributed by atoms with Crippen molar-refractivity contribution in [3.05, 3.63) is 28.8 Å². The second kappa shape index (κ2) is 8.41. The summed E-state index contributed by atoms with van der Waals surface area (Å²) in [4.78, 5) is 22.9. The number of ether oxygens (including phenoxy) is 2. The number of esters is 2. The molecule has 0 bridgehead atoms. The van der Waals surface area contributed by atoms with Gasteiger partial charge in [-0.3, -0.25) is 9.59 Å². The van der Waals surface area contributed by atoms with Crippen LogP contribution in [0.25, 0.3) is 0 Å². The van der Waals surface area contributed by atoms with Crippen LogP contribution in [0.1, 0.15) is 32.8 Å². The molecule has 144 valence electrons. The van der Waals surface area contributed by atoms with Crippen LogP contribution in [0.4, 0.5) is 5.69 Å². The number of hydrogen-bond acceptors (Lipinski definition) is 6. The highest BCUT2D eigenvalue weighted by Crippen LogP contribution is 2.33. The average Bonchev–Trinajstić information content (AvgIpc) is 2.47. The fraction of sp³-hybridized carbons (Fsp3) is 0.556. The normalized spacial score (nSPS) is 17.0. The van der Waals surface area contributed by atoms with Crippen molar-refractivity contribution in [1.82, 2.24) is 0 Å². The lowest BCUT2D eigenvalue weighted by atomic mass is 9.85. The van der Waals surface area contributed by atoms with E-state index >= 15 is 0 Å². The maximum absolute atomic E-state index is 11.5. The van der Waals surface area contributed by atoms with Crippen LogP contribution in [-0.2, 0) is 29.9 Å². The Labute approximate surface area is 160 Å². The highest BCUT2D eigenvalue weighted by molar-refractivity contribution is 6.48. The molecule has 0 saturated carbocycles. The van der Waals surface area contributed by atoms with Crippen molar-refractivity contribution >= 4 is 38.3 Å². The molecule has 0 aromatic heterocycles. The van der Waals surface area contributed by atoms with E-state index in [9.17, 15) is 9.59 Å². The van der Waals surface area contributed by atoms with Crippen molar-refractivity contribution in [2.45, 2.75) is 59.2 Å². The first-order chi connectivity index (χ1) is 12.1. The maximum atomic E-state index is 11.5. The Morgan fingerprint density at radius 2 is 1.88 bits per heavy atom. The lowest BCUT2D eigenvalue weighted by Gasteiger charge is -2.34. The molecule has 0 aliphatic carbocycles. The molecule has 1 N–H and O–H groups in total. The average molecular weight is 400 g/mol. The summed E-state index contributed by atoms with van der Waals surface area (Å²) in [6, 6.07) is 5.39. The molecule has 6 nitrogen and oxygen atoms in total. The van der Waals surface area contributed by atoms with Gasteiger partial charge in [0.1, 0.15) is 6.42 Å². The van der Waals surface area contributed by atoms with Gasteiger partial charge in [0, 0.05) is 17.1 Å². The fourth-order valence-corrected chi connectivity index (χ4v) is 4.04. The monoisotopic (exact) mass is 399 g/mol. The Bertz CT molecular complexity index is 658. The molecule has 26 heavy (non-hydrogen) atoms. The van der Waals surface area contributed by atoms with Gasteiger partial charge in [-0.05, 0) is 36.2 Å². The summed E-state index contributed by atoms with van der Waals surface area (Å²) >= 11 is 6.44. The number of carbonyl (C=O) groups is 2. The molecule has 1 unspecified atom stereocenters. The van der Waals surface area contributed by atoms with Gasteiger partial charge in [-0.15, -0.1) is 0 Å². The van der Waals surface area contributed by atoms with E-state index in [1.807, 2.05) is 6.07 Å². The van der Waals surface area contributed by atoms with Crippen LogP contribution in [0.3, 0.4) is 0 Å². The number of halogens is 1. The smallest absolute Gasteiger partial charge is 0.329 e. The molecule has 1 aromatic carbocycles. The van der Waals surface area contributed by atoms with Gasteiger partial charge in [0.05, 0.1) is 6.10 Å². The van der Waals surface area contributed by atoms with Gasteiger partial charge >= 0.3 is 18.4 Å². The molecule has 1 heterocycles. The van der Waals surface area contributed by atoms with Gasteiger partial charge in [0.25, 0.3) is 0 Å². The molecule has 1 atom stereocenters. The van der Waals surface area contributed by atoms with Gasteiger partial charge in [-0.1, -0.05) is 38.4 Å². The highest BCUT2D eigenvalue weighted by Gasteiger charge is 2.31. The van der Waals surface area contributed by atoms with Crippen LogP contribution in [-0.4, -0.2) is 33.5 Å². The van der Waals surface area contributed by atoms with Gasteiger partial charge in [0.15, 0.2) is 9.04 Å². The molecule has 0 amide bonds. The molecule has 1 aliphatic heterocycles. The highest BCUT2D eigenvalue weighted by atomic mass is 35.5.